The van der Waals surface area contributed by atoms with Crippen LogP contribution in [0.15, 0.2) is 92.1 Å². The van der Waals surface area contributed by atoms with Crippen molar-refractivity contribution in [1.29, 1.82) is 0 Å². The van der Waals surface area contributed by atoms with Gasteiger partial charge in [0, 0.05) is 49.3 Å². The van der Waals surface area contributed by atoms with Crippen LogP contribution < -0.4 is 18.9 Å². The number of azo groups is 2. The molecule has 0 N–H and O–H groups in total. The first kappa shape index (κ1) is 31.7. The molecule has 2 aromatic carbocycles. The fraction of sp³-hybridized carbons (Fsp3) is 0.379. The van der Waals surface area contributed by atoms with Gasteiger partial charge in [0.2, 0.25) is 0 Å². The van der Waals surface area contributed by atoms with Crippen LogP contribution in [0.25, 0.3) is 0 Å². The molecule has 0 aliphatic heterocycles. The monoisotopic (exact) mass is 566 g/mol. The molecule has 0 fully saturated rings. The zero-order valence-corrected chi connectivity index (χ0v) is 23.5. The summed E-state index contributed by atoms with van der Waals surface area (Å²) < 4.78 is 4.17. The Balaban J connectivity index is 0.00000267. The predicted octanol–water partition coefficient (Wildman–Crippen LogP) is 8.49. The van der Waals surface area contributed by atoms with Crippen molar-refractivity contribution in [2.45, 2.75) is 48.2 Å². The molecule has 4 rings (SSSR count). The van der Waals surface area contributed by atoms with E-state index in [1.165, 1.54) is 11.4 Å². The molecule has 0 saturated heterocycles. The quantitative estimate of drug-likeness (QED) is 0.127. The summed E-state index contributed by atoms with van der Waals surface area (Å²) in [6, 6.07) is 16.5. The number of thiazole rings is 2. The minimum Gasteiger partial charge on any atom is -0.375 e. The summed E-state index contributed by atoms with van der Waals surface area (Å²) >= 11 is 3.19. The van der Waals surface area contributed by atoms with E-state index >= 15 is 0 Å². The molecule has 0 saturated carbocycles. The fourth-order valence-electron chi connectivity index (χ4n) is 3.79. The molecule has 208 valence electrons. The van der Waals surface area contributed by atoms with Crippen LogP contribution in [-0.4, -0.2) is 27.2 Å². The van der Waals surface area contributed by atoms with E-state index in [1.54, 1.807) is 22.7 Å². The largest absolute Gasteiger partial charge is 0.408 e. The molecule has 4 aromatic rings. The number of hydrogen-bond donors (Lipinski definition) is 0. The second-order valence-corrected chi connectivity index (χ2v) is 10.3. The lowest BCUT2D eigenvalue weighted by Crippen LogP contribution is -2.28. The summed E-state index contributed by atoms with van der Waals surface area (Å²) in [5.74, 6) is 0. The Morgan fingerprint density at radius 1 is 0.615 bits per heavy atom. The van der Waals surface area contributed by atoms with Crippen LogP contribution in [0.2, 0.25) is 0 Å². The molecule has 0 aliphatic rings. The Morgan fingerprint density at radius 3 is 1.36 bits per heavy atom. The Labute approximate surface area is 241 Å². The Kier molecular flexibility index (Phi) is 12.9. The molecule has 8 nitrogen and oxygen atoms in total. The highest BCUT2D eigenvalue weighted by molar-refractivity contribution is 7.13. The van der Waals surface area contributed by atoms with Gasteiger partial charge in [0.15, 0.2) is 0 Å². The Hall–Kier alpha value is -3.50. The van der Waals surface area contributed by atoms with E-state index in [1.807, 2.05) is 47.4 Å². The zero-order valence-electron chi connectivity index (χ0n) is 21.9. The molecular formula is C29H42N8S2+2. The standard InChI is InChI=1S/C27H34N8S2.2CH4/c1-5-34-18-20-36-26(34)30-28-22-8-12-24(13-9-22)32(3)16-7-17-33(4)25-14-10-23(11-15-25)29-31-27-35(6-2)19-21-37-27;;/h8-15,18-21H,5-7,16-17H2,1-4H3;2*1H4/q+2;;. The summed E-state index contributed by atoms with van der Waals surface area (Å²) in [5, 5.41) is 23.4. The first-order valence-corrected chi connectivity index (χ1v) is 14.2. The molecule has 10 heteroatoms. The maximum Gasteiger partial charge on any atom is 0.408 e. The van der Waals surface area contributed by atoms with Crippen LogP contribution in [0.4, 0.5) is 33.0 Å². The zero-order chi connectivity index (χ0) is 26.0. The lowest BCUT2D eigenvalue weighted by Gasteiger charge is -2.23. The van der Waals surface area contributed by atoms with E-state index < -0.39 is 0 Å². The van der Waals surface area contributed by atoms with Crippen LogP contribution in [-0.2, 0) is 13.1 Å². The second-order valence-electron chi connectivity index (χ2n) is 8.57. The molecule has 0 spiro atoms. The van der Waals surface area contributed by atoms with Gasteiger partial charge in [-0.15, -0.1) is 0 Å². The van der Waals surface area contributed by atoms with Gasteiger partial charge in [-0.25, -0.2) is 9.13 Å². The van der Waals surface area contributed by atoms with E-state index in [0.29, 0.717) is 0 Å². The van der Waals surface area contributed by atoms with Gasteiger partial charge in [-0.3, -0.25) is 0 Å². The maximum absolute atomic E-state index is 4.39. The topological polar surface area (TPSA) is 63.7 Å². The molecule has 2 heterocycles. The number of aryl methyl sites for hydroxylation is 2. The van der Waals surface area contributed by atoms with Crippen molar-refractivity contribution in [3.05, 3.63) is 71.7 Å². The average Bonchev–Trinajstić information content (AvgIpc) is 3.60. The van der Waals surface area contributed by atoms with Crippen molar-refractivity contribution in [2.75, 3.05) is 37.0 Å². The van der Waals surface area contributed by atoms with Gasteiger partial charge < -0.3 is 9.80 Å². The van der Waals surface area contributed by atoms with E-state index in [0.717, 1.165) is 54.2 Å². The first-order valence-electron chi connectivity index (χ1n) is 12.5. The van der Waals surface area contributed by atoms with Crippen LogP contribution in [0.5, 0.6) is 0 Å². The highest BCUT2D eigenvalue weighted by Crippen LogP contribution is 2.24. The summed E-state index contributed by atoms with van der Waals surface area (Å²) in [6.07, 6.45) is 5.11. The maximum atomic E-state index is 4.39. The average molecular weight is 567 g/mol. The Morgan fingerprint density at radius 2 is 1.00 bits per heavy atom. The third kappa shape index (κ3) is 8.76. The lowest BCUT2D eigenvalue weighted by molar-refractivity contribution is -0.677. The van der Waals surface area contributed by atoms with E-state index in [4.69, 9.17) is 0 Å². The van der Waals surface area contributed by atoms with Crippen molar-refractivity contribution in [3.8, 4) is 0 Å². The van der Waals surface area contributed by atoms with Crippen molar-refractivity contribution >= 4 is 55.7 Å². The van der Waals surface area contributed by atoms with Gasteiger partial charge in [-0.05, 0) is 102 Å². The molecular weight excluding hydrogens is 525 g/mol. The van der Waals surface area contributed by atoms with Gasteiger partial charge in [0.25, 0.3) is 0 Å². The number of aromatic nitrogens is 2. The summed E-state index contributed by atoms with van der Waals surface area (Å²) in [5.41, 5.74) is 4.06. The van der Waals surface area contributed by atoms with E-state index in [-0.39, 0.29) is 14.9 Å². The van der Waals surface area contributed by atoms with E-state index in [2.05, 4.69) is 91.6 Å². The fourth-order valence-corrected chi connectivity index (χ4v) is 5.27. The number of benzene rings is 2. The van der Waals surface area contributed by atoms with Gasteiger partial charge in [-0.1, -0.05) is 14.9 Å². The van der Waals surface area contributed by atoms with Crippen LogP contribution in [0.1, 0.15) is 35.1 Å². The van der Waals surface area contributed by atoms with Crippen LogP contribution in [0, 0.1) is 0 Å². The SMILES string of the molecule is C.C.CC[n+]1ccsc1N=Nc1ccc(N(C)CCCN(C)c2ccc(N=Nc3scc[n+]3CC)cc2)cc1. The minimum atomic E-state index is 0. The van der Waals surface area contributed by atoms with Gasteiger partial charge in [-0.2, -0.15) is 0 Å². The molecule has 0 aliphatic carbocycles. The molecule has 0 radical (unpaired) electrons. The molecule has 2 aromatic heterocycles. The van der Waals surface area contributed by atoms with Crippen LogP contribution in [0.3, 0.4) is 0 Å². The molecule has 0 amide bonds. The van der Waals surface area contributed by atoms with E-state index in [9.17, 15) is 0 Å². The highest BCUT2D eigenvalue weighted by atomic mass is 32.1. The van der Waals surface area contributed by atoms with Gasteiger partial charge in [0.05, 0.1) is 23.3 Å². The smallest absolute Gasteiger partial charge is 0.375 e. The molecule has 0 atom stereocenters. The lowest BCUT2D eigenvalue weighted by atomic mass is 10.2. The number of nitrogens with zero attached hydrogens (tertiary/aromatic N) is 8. The van der Waals surface area contributed by atoms with Gasteiger partial charge in [0.1, 0.15) is 23.8 Å². The third-order valence-electron chi connectivity index (χ3n) is 6.07. The molecule has 0 unspecified atom stereocenters. The van der Waals surface area contributed by atoms with Crippen molar-refractivity contribution in [3.63, 3.8) is 0 Å². The number of rotatable bonds is 12. The van der Waals surface area contributed by atoms with Crippen molar-refractivity contribution in [1.82, 2.24) is 0 Å². The van der Waals surface area contributed by atoms with Crippen molar-refractivity contribution < 1.29 is 9.13 Å². The van der Waals surface area contributed by atoms with Crippen molar-refractivity contribution in [2.24, 2.45) is 20.5 Å². The highest BCUT2D eigenvalue weighted by Gasteiger charge is 2.11. The summed E-state index contributed by atoms with van der Waals surface area (Å²) in [7, 11) is 4.25. The van der Waals surface area contributed by atoms with Crippen LogP contribution >= 0.6 is 22.7 Å². The normalized spacial score (nSPS) is 11.0. The summed E-state index contributed by atoms with van der Waals surface area (Å²) in [4.78, 5) is 4.55. The minimum absolute atomic E-state index is 0. The van der Waals surface area contributed by atoms with Gasteiger partial charge >= 0.3 is 10.3 Å². The number of hydrogen-bond acceptors (Lipinski definition) is 8. The Bertz CT molecular complexity index is 1210. The molecule has 39 heavy (non-hydrogen) atoms. The second kappa shape index (κ2) is 15.8. The first-order chi connectivity index (χ1) is 18.1. The third-order valence-corrected chi connectivity index (χ3v) is 7.64. The number of anilines is 2. The molecule has 0 bridgehead atoms. The summed E-state index contributed by atoms with van der Waals surface area (Å²) in [6.45, 7) is 7.91. The predicted molar refractivity (Wildman–Crippen MR) is 166 cm³/mol.